The van der Waals surface area contributed by atoms with E-state index in [1.165, 1.54) is 0 Å². The summed E-state index contributed by atoms with van der Waals surface area (Å²) in [6, 6.07) is 0. The molecule has 80 valence electrons. The van der Waals surface area contributed by atoms with Gasteiger partial charge in [0.05, 0.1) is 0 Å². The van der Waals surface area contributed by atoms with E-state index in [-0.39, 0.29) is 17.6 Å². The largest absolute Gasteiger partial charge is 0.460 e. The van der Waals surface area contributed by atoms with Gasteiger partial charge >= 0.3 is 5.97 Å². The number of ether oxygens (including phenoxy) is 1. The lowest BCUT2D eigenvalue weighted by Gasteiger charge is -2.19. The van der Waals surface area contributed by atoms with Crippen LogP contribution in [0.1, 0.15) is 47.0 Å². The number of carbonyl (C=O) groups excluding carboxylic acids is 2. The van der Waals surface area contributed by atoms with E-state index < -0.39 is 11.6 Å². The molecule has 1 rings (SSSR count). The second-order valence-corrected chi connectivity index (χ2v) is 5.25. The van der Waals surface area contributed by atoms with Crippen LogP contribution in [0.2, 0.25) is 0 Å². The van der Waals surface area contributed by atoms with Gasteiger partial charge in [-0.05, 0) is 33.6 Å². The van der Waals surface area contributed by atoms with E-state index in [4.69, 9.17) is 4.74 Å². The molecule has 0 aromatic carbocycles. The molecule has 0 aromatic heterocycles. The normalized spacial score (nSPS) is 18.9. The Bertz CT molecular complexity index is 256. The number of Topliss-reactive ketones (excluding diaryl/α,β-unsaturated/α-hetero) is 1. The monoisotopic (exact) mass is 198 g/mol. The molecule has 0 amide bonds. The summed E-state index contributed by atoms with van der Waals surface area (Å²) in [5.74, 6) is -0.387. The molecule has 0 unspecified atom stereocenters. The predicted molar refractivity (Wildman–Crippen MR) is 52.8 cm³/mol. The standard InChI is InChI=1S/C11H18O3/c1-10(2,3)14-9(13)7-8(12)11(4)5-6-11/h5-7H2,1-4H3. The Labute approximate surface area is 84.8 Å². The van der Waals surface area contributed by atoms with Gasteiger partial charge in [-0.2, -0.15) is 0 Å². The lowest BCUT2D eigenvalue weighted by molar-refractivity contribution is -0.156. The first-order chi connectivity index (χ1) is 6.23. The quantitative estimate of drug-likeness (QED) is 0.515. The molecule has 3 heteroatoms. The number of hydrogen-bond donors (Lipinski definition) is 0. The molecule has 0 aliphatic heterocycles. The van der Waals surface area contributed by atoms with Crippen LogP contribution in [0.3, 0.4) is 0 Å². The maximum absolute atomic E-state index is 11.5. The van der Waals surface area contributed by atoms with Gasteiger partial charge in [0.2, 0.25) is 0 Å². The Morgan fingerprint density at radius 2 is 1.79 bits per heavy atom. The average Bonchev–Trinajstić information content (AvgIpc) is 2.64. The summed E-state index contributed by atoms with van der Waals surface area (Å²) in [5.41, 5.74) is -0.723. The predicted octanol–water partition coefficient (Wildman–Crippen LogP) is 2.09. The van der Waals surface area contributed by atoms with Crippen molar-refractivity contribution in [3.8, 4) is 0 Å². The number of hydrogen-bond acceptors (Lipinski definition) is 3. The van der Waals surface area contributed by atoms with Crippen molar-refractivity contribution in [3.05, 3.63) is 0 Å². The van der Waals surface area contributed by atoms with Crippen molar-refractivity contribution >= 4 is 11.8 Å². The molecule has 1 aliphatic rings. The lowest BCUT2D eigenvalue weighted by atomic mass is 10.0. The smallest absolute Gasteiger partial charge is 0.313 e. The van der Waals surface area contributed by atoms with Gasteiger partial charge in [0, 0.05) is 5.41 Å². The highest BCUT2D eigenvalue weighted by atomic mass is 16.6. The molecule has 1 aliphatic carbocycles. The molecular formula is C11H18O3. The molecule has 0 saturated heterocycles. The van der Waals surface area contributed by atoms with Crippen molar-refractivity contribution in [1.82, 2.24) is 0 Å². The fourth-order valence-electron chi connectivity index (χ4n) is 1.19. The van der Waals surface area contributed by atoms with Crippen LogP contribution in [0, 0.1) is 5.41 Å². The maximum Gasteiger partial charge on any atom is 0.313 e. The second kappa shape index (κ2) is 3.37. The van der Waals surface area contributed by atoms with E-state index in [1.807, 2.05) is 6.92 Å². The first-order valence-electron chi connectivity index (χ1n) is 4.98. The van der Waals surface area contributed by atoms with Crippen molar-refractivity contribution in [2.24, 2.45) is 5.41 Å². The van der Waals surface area contributed by atoms with E-state index in [1.54, 1.807) is 20.8 Å². The summed E-state index contributed by atoms with van der Waals surface area (Å²) in [5, 5.41) is 0. The zero-order valence-corrected chi connectivity index (χ0v) is 9.35. The molecule has 0 spiro atoms. The molecule has 0 bridgehead atoms. The van der Waals surface area contributed by atoms with E-state index in [9.17, 15) is 9.59 Å². The summed E-state index contributed by atoms with van der Waals surface area (Å²) < 4.78 is 5.07. The highest BCUT2D eigenvalue weighted by Gasteiger charge is 2.45. The summed E-state index contributed by atoms with van der Waals surface area (Å²) in [7, 11) is 0. The molecule has 14 heavy (non-hydrogen) atoms. The van der Waals surface area contributed by atoms with Gasteiger partial charge in [0.1, 0.15) is 17.8 Å². The van der Waals surface area contributed by atoms with Gasteiger partial charge in [-0.15, -0.1) is 0 Å². The summed E-state index contributed by atoms with van der Waals surface area (Å²) in [4.78, 5) is 22.8. The molecule has 0 atom stereocenters. The minimum Gasteiger partial charge on any atom is -0.460 e. The Kier molecular flexibility index (Phi) is 2.70. The van der Waals surface area contributed by atoms with Crippen molar-refractivity contribution in [3.63, 3.8) is 0 Å². The van der Waals surface area contributed by atoms with E-state index in [2.05, 4.69) is 0 Å². The maximum atomic E-state index is 11.5. The lowest BCUT2D eigenvalue weighted by Crippen LogP contribution is -2.27. The minimum atomic E-state index is -0.498. The number of ketones is 1. The van der Waals surface area contributed by atoms with Gasteiger partial charge in [-0.3, -0.25) is 9.59 Å². The second-order valence-electron chi connectivity index (χ2n) is 5.25. The van der Waals surface area contributed by atoms with Crippen molar-refractivity contribution < 1.29 is 14.3 Å². The number of rotatable bonds is 3. The van der Waals surface area contributed by atoms with Crippen molar-refractivity contribution in [2.75, 3.05) is 0 Å². The topological polar surface area (TPSA) is 43.4 Å². The number of carbonyl (C=O) groups is 2. The molecule has 0 heterocycles. The van der Waals surface area contributed by atoms with Gasteiger partial charge in [-0.25, -0.2) is 0 Å². The van der Waals surface area contributed by atoms with Crippen LogP contribution in [0.15, 0.2) is 0 Å². The van der Waals surface area contributed by atoms with Crippen LogP contribution in [0.5, 0.6) is 0 Å². The van der Waals surface area contributed by atoms with Crippen molar-refractivity contribution in [2.45, 2.75) is 52.6 Å². The first kappa shape index (κ1) is 11.2. The van der Waals surface area contributed by atoms with Gasteiger partial charge in [0.15, 0.2) is 0 Å². The van der Waals surface area contributed by atoms with Crippen LogP contribution in [0.25, 0.3) is 0 Å². The third-order valence-electron chi connectivity index (χ3n) is 2.40. The van der Waals surface area contributed by atoms with Gasteiger partial charge < -0.3 is 4.74 Å². The van der Waals surface area contributed by atoms with E-state index >= 15 is 0 Å². The van der Waals surface area contributed by atoms with Crippen molar-refractivity contribution in [1.29, 1.82) is 0 Å². The van der Waals surface area contributed by atoms with Crippen LogP contribution in [-0.4, -0.2) is 17.4 Å². The Morgan fingerprint density at radius 3 is 2.14 bits per heavy atom. The van der Waals surface area contributed by atoms with E-state index in [0.29, 0.717) is 0 Å². The minimum absolute atomic E-state index is 0.0201. The molecule has 0 radical (unpaired) electrons. The molecular weight excluding hydrogens is 180 g/mol. The summed E-state index contributed by atoms with van der Waals surface area (Å²) in [6.07, 6.45) is 1.75. The van der Waals surface area contributed by atoms with Gasteiger partial charge in [0.25, 0.3) is 0 Å². The first-order valence-corrected chi connectivity index (χ1v) is 4.98. The third-order valence-corrected chi connectivity index (χ3v) is 2.40. The Balaban J connectivity index is 2.38. The molecule has 0 N–H and O–H groups in total. The SMILES string of the molecule is CC(C)(C)OC(=O)CC(=O)C1(C)CC1. The Hall–Kier alpha value is -0.860. The summed E-state index contributed by atoms with van der Waals surface area (Å²) in [6.45, 7) is 7.30. The highest BCUT2D eigenvalue weighted by molar-refractivity contribution is 6.00. The zero-order chi connectivity index (χ0) is 11.0. The molecule has 0 aromatic rings. The fourth-order valence-corrected chi connectivity index (χ4v) is 1.19. The van der Waals surface area contributed by atoms with Crippen LogP contribution >= 0.6 is 0 Å². The Morgan fingerprint density at radius 1 is 1.29 bits per heavy atom. The van der Waals surface area contributed by atoms with Crippen LogP contribution in [0.4, 0.5) is 0 Å². The van der Waals surface area contributed by atoms with Crippen LogP contribution in [-0.2, 0) is 14.3 Å². The zero-order valence-electron chi connectivity index (χ0n) is 9.35. The third kappa shape index (κ3) is 3.13. The summed E-state index contributed by atoms with van der Waals surface area (Å²) >= 11 is 0. The van der Waals surface area contributed by atoms with Gasteiger partial charge in [-0.1, -0.05) is 6.92 Å². The highest BCUT2D eigenvalue weighted by Crippen LogP contribution is 2.46. The molecule has 1 saturated carbocycles. The fraction of sp³-hybridized carbons (Fsp3) is 0.818. The van der Waals surface area contributed by atoms with E-state index in [0.717, 1.165) is 12.8 Å². The number of esters is 1. The van der Waals surface area contributed by atoms with Crippen LogP contribution < -0.4 is 0 Å². The average molecular weight is 198 g/mol. The molecule has 1 fully saturated rings. The molecule has 3 nitrogen and oxygen atoms in total.